The van der Waals surface area contributed by atoms with Gasteiger partial charge in [0.25, 0.3) is 0 Å². The minimum Gasteiger partial charge on any atom is -0.489 e. The molecule has 3 nitrogen and oxygen atoms in total. The standard InChI is InChI=1S/C17H18N2O/c1-11-6-14(9-18)4-5-15(11)10-20-17-8-12(2)16(19)7-13(17)3/h4-8H,10,19H2,1-3H3. The van der Waals surface area contributed by atoms with Gasteiger partial charge >= 0.3 is 0 Å². The van der Waals surface area contributed by atoms with Crippen molar-refractivity contribution in [2.75, 3.05) is 5.73 Å². The molecular weight excluding hydrogens is 248 g/mol. The van der Waals surface area contributed by atoms with Gasteiger partial charge < -0.3 is 10.5 Å². The molecule has 2 N–H and O–H groups in total. The molecular formula is C17H18N2O. The molecule has 102 valence electrons. The molecule has 0 saturated carbocycles. The number of benzene rings is 2. The summed E-state index contributed by atoms with van der Waals surface area (Å²) < 4.78 is 5.87. The Morgan fingerprint density at radius 1 is 1.05 bits per heavy atom. The van der Waals surface area contributed by atoms with E-state index in [9.17, 15) is 0 Å². The summed E-state index contributed by atoms with van der Waals surface area (Å²) in [5.41, 5.74) is 11.5. The van der Waals surface area contributed by atoms with Crippen LogP contribution in [0.5, 0.6) is 5.75 Å². The van der Waals surface area contributed by atoms with E-state index in [1.165, 1.54) is 0 Å². The first-order valence-corrected chi connectivity index (χ1v) is 6.50. The minimum atomic E-state index is 0.488. The van der Waals surface area contributed by atoms with E-state index < -0.39 is 0 Å². The Bertz CT molecular complexity index is 684. The summed E-state index contributed by atoms with van der Waals surface area (Å²) in [4.78, 5) is 0. The first kappa shape index (κ1) is 14.0. The second-order valence-electron chi connectivity index (χ2n) is 5.02. The Labute approximate surface area is 119 Å². The van der Waals surface area contributed by atoms with Crippen LogP contribution in [0.3, 0.4) is 0 Å². The van der Waals surface area contributed by atoms with Gasteiger partial charge in [-0.05, 0) is 67.3 Å². The first-order chi connectivity index (χ1) is 9.51. The lowest BCUT2D eigenvalue weighted by molar-refractivity contribution is 0.303. The van der Waals surface area contributed by atoms with Gasteiger partial charge in [-0.1, -0.05) is 6.07 Å². The van der Waals surface area contributed by atoms with E-state index in [0.29, 0.717) is 12.2 Å². The largest absolute Gasteiger partial charge is 0.489 e. The van der Waals surface area contributed by atoms with Gasteiger partial charge in [0.2, 0.25) is 0 Å². The fourth-order valence-electron chi connectivity index (χ4n) is 2.05. The topological polar surface area (TPSA) is 59.0 Å². The summed E-state index contributed by atoms with van der Waals surface area (Å²) in [6.45, 7) is 6.42. The minimum absolute atomic E-state index is 0.488. The Morgan fingerprint density at radius 3 is 2.45 bits per heavy atom. The lowest BCUT2D eigenvalue weighted by Crippen LogP contribution is -2.01. The molecule has 0 heterocycles. The molecule has 0 aliphatic carbocycles. The molecule has 0 fully saturated rings. The van der Waals surface area contributed by atoms with Gasteiger partial charge in [0.1, 0.15) is 12.4 Å². The van der Waals surface area contributed by atoms with Crippen molar-refractivity contribution in [3.05, 3.63) is 58.1 Å². The molecule has 20 heavy (non-hydrogen) atoms. The highest BCUT2D eigenvalue weighted by Crippen LogP contribution is 2.25. The highest BCUT2D eigenvalue weighted by molar-refractivity contribution is 5.53. The van der Waals surface area contributed by atoms with Gasteiger partial charge in [0, 0.05) is 5.69 Å². The quantitative estimate of drug-likeness (QED) is 0.863. The van der Waals surface area contributed by atoms with Crippen LogP contribution >= 0.6 is 0 Å². The van der Waals surface area contributed by atoms with Crippen LogP contribution in [-0.4, -0.2) is 0 Å². The van der Waals surface area contributed by atoms with Gasteiger partial charge in [-0.2, -0.15) is 5.26 Å². The molecule has 2 aromatic carbocycles. The molecule has 0 spiro atoms. The van der Waals surface area contributed by atoms with E-state index in [1.54, 1.807) is 0 Å². The Hall–Kier alpha value is -2.47. The summed E-state index contributed by atoms with van der Waals surface area (Å²) in [6, 6.07) is 11.7. The first-order valence-electron chi connectivity index (χ1n) is 6.50. The average molecular weight is 266 g/mol. The predicted octanol–water partition coefficient (Wildman–Crippen LogP) is 3.64. The maximum absolute atomic E-state index is 8.86. The van der Waals surface area contributed by atoms with E-state index >= 15 is 0 Å². The van der Waals surface area contributed by atoms with Crippen LogP contribution in [0.25, 0.3) is 0 Å². The lowest BCUT2D eigenvalue weighted by Gasteiger charge is -2.13. The molecule has 0 unspecified atom stereocenters. The second kappa shape index (κ2) is 5.66. The van der Waals surface area contributed by atoms with Crippen LogP contribution < -0.4 is 10.5 Å². The molecule has 0 atom stereocenters. The van der Waals surface area contributed by atoms with Crippen LogP contribution in [-0.2, 0) is 6.61 Å². The maximum atomic E-state index is 8.86. The van der Waals surface area contributed by atoms with Crippen molar-refractivity contribution in [1.82, 2.24) is 0 Å². The maximum Gasteiger partial charge on any atom is 0.123 e. The third kappa shape index (κ3) is 2.92. The van der Waals surface area contributed by atoms with Crippen LogP contribution in [0.2, 0.25) is 0 Å². The molecule has 3 heteroatoms. The van der Waals surface area contributed by atoms with Crippen molar-refractivity contribution in [3.63, 3.8) is 0 Å². The van der Waals surface area contributed by atoms with Crippen LogP contribution in [0, 0.1) is 32.1 Å². The molecule has 2 aromatic rings. The lowest BCUT2D eigenvalue weighted by atomic mass is 10.1. The number of ether oxygens (including phenoxy) is 1. The smallest absolute Gasteiger partial charge is 0.123 e. The summed E-state index contributed by atoms with van der Waals surface area (Å²) in [5.74, 6) is 0.848. The SMILES string of the molecule is Cc1cc(OCc2ccc(C#N)cc2C)c(C)cc1N. The van der Waals surface area contributed by atoms with E-state index in [0.717, 1.165) is 33.7 Å². The van der Waals surface area contributed by atoms with Crippen molar-refractivity contribution in [2.24, 2.45) is 0 Å². The molecule has 2 rings (SSSR count). The van der Waals surface area contributed by atoms with Gasteiger partial charge in [0.15, 0.2) is 0 Å². The van der Waals surface area contributed by atoms with Crippen LogP contribution in [0.1, 0.15) is 27.8 Å². The molecule has 0 amide bonds. The number of nitrogens with two attached hydrogens (primary N) is 1. The molecule has 0 bridgehead atoms. The molecule has 0 aliphatic heterocycles. The highest BCUT2D eigenvalue weighted by Gasteiger charge is 2.05. The average Bonchev–Trinajstić information content (AvgIpc) is 2.42. The number of nitrogens with zero attached hydrogens (tertiary/aromatic N) is 1. The molecule has 0 saturated heterocycles. The Kier molecular flexibility index (Phi) is 3.95. The van der Waals surface area contributed by atoms with Gasteiger partial charge in [-0.3, -0.25) is 0 Å². The van der Waals surface area contributed by atoms with Gasteiger partial charge in [0.05, 0.1) is 11.6 Å². The summed E-state index contributed by atoms with van der Waals surface area (Å²) in [5, 5.41) is 8.86. The van der Waals surface area contributed by atoms with Crippen LogP contribution in [0.4, 0.5) is 5.69 Å². The number of nitrogen functional groups attached to an aromatic ring is 1. The molecule has 0 aliphatic rings. The van der Waals surface area contributed by atoms with Crippen molar-refractivity contribution in [2.45, 2.75) is 27.4 Å². The zero-order valence-electron chi connectivity index (χ0n) is 12.0. The normalized spacial score (nSPS) is 10.1. The molecule has 0 radical (unpaired) electrons. The summed E-state index contributed by atoms with van der Waals surface area (Å²) in [7, 11) is 0. The van der Waals surface area contributed by atoms with E-state index in [2.05, 4.69) is 6.07 Å². The summed E-state index contributed by atoms with van der Waals surface area (Å²) in [6.07, 6.45) is 0. The van der Waals surface area contributed by atoms with Crippen molar-refractivity contribution in [1.29, 1.82) is 5.26 Å². The van der Waals surface area contributed by atoms with E-state index in [4.69, 9.17) is 15.7 Å². The predicted molar refractivity (Wildman–Crippen MR) is 80.6 cm³/mol. The number of anilines is 1. The fraction of sp³-hybridized carbons (Fsp3) is 0.235. The summed E-state index contributed by atoms with van der Waals surface area (Å²) >= 11 is 0. The Morgan fingerprint density at radius 2 is 1.80 bits per heavy atom. The number of rotatable bonds is 3. The zero-order chi connectivity index (χ0) is 14.7. The van der Waals surface area contributed by atoms with E-state index in [1.807, 2.05) is 51.1 Å². The fourth-order valence-corrected chi connectivity index (χ4v) is 2.05. The zero-order valence-corrected chi connectivity index (χ0v) is 12.0. The van der Waals surface area contributed by atoms with Gasteiger partial charge in [-0.25, -0.2) is 0 Å². The van der Waals surface area contributed by atoms with Crippen molar-refractivity contribution >= 4 is 5.69 Å². The second-order valence-corrected chi connectivity index (χ2v) is 5.02. The van der Waals surface area contributed by atoms with Crippen LogP contribution in [0.15, 0.2) is 30.3 Å². The molecule has 0 aromatic heterocycles. The number of hydrogen-bond donors (Lipinski definition) is 1. The van der Waals surface area contributed by atoms with Gasteiger partial charge in [-0.15, -0.1) is 0 Å². The number of nitriles is 1. The number of hydrogen-bond acceptors (Lipinski definition) is 3. The van der Waals surface area contributed by atoms with Crippen molar-refractivity contribution < 1.29 is 4.74 Å². The monoisotopic (exact) mass is 266 g/mol. The number of aryl methyl sites for hydroxylation is 3. The van der Waals surface area contributed by atoms with Crippen molar-refractivity contribution in [3.8, 4) is 11.8 Å². The van der Waals surface area contributed by atoms with E-state index in [-0.39, 0.29) is 0 Å². The Balaban J connectivity index is 2.17. The third-order valence-electron chi connectivity index (χ3n) is 3.42. The highest BCUT2D eigenvalue weighted by atomic mass is 16.5. The third-order valence-corrected chi connectivity index (χ3v) is 3.42.